The van der Waals surface area contributed by atoms with Crippen molar-refractivity contribution in [2.45, 2.75) is 19.9 Å². The van der Waals surface area contributed by atoms with E-state index in [9.17, 15) is 4.79 Å². The van der Waals surface area contributed by atoms with Gasteiger partial charge in [0, 0.05) is 64.0 Å². The Kier molecular flexibility index (Phi) is 8.53. The summed E-state index contributed by atoms with van der Waals surface area (Å²) in [6.07, 6.45) is 2.21. The molecule has 0 saturated carbocycles. The average Bonchev–Trinajstić information content (AvgIpc) is 2.80. The van der Waals surface area contributed by atoms with Crippen LogP contribution in [0, 0.1) is 0 Å². The Balaban J connectivity index is 1.47. The molecule has 1 aliphatic heterocycles. The minimum Gasteiger partial charge on any atom is -0.357 e. The van der Waals surface area contributed by atoms with Gasteiger partial charge < -0.3 is 20.0 Å². The molecule has 0 aliphatic carbocycles. The third-order valence-electron chi connectivity index (χ3n) is 5.22. The van der Waals surface area contributed by atoms with E-state index in [4.69, 9.17) is 11.6 Å². The maximum atomic E-state index is 12.6. The van der Waals surface area contributed by atoms with Crippen LogP contribution < -0.4 is 10.2 Å². The summed E-state index contributed by atoms with van der Waals surface area (Å²) in [7, 11) is 1.99. The number of rotatable bonds is 7. The van der Waals surface area contributed by atoms with Gasteiger partial charge in [-0.3, -0.25) is 9.79 Å². The van der Waals surface area contributed by atoms with E-state index in [2.05, 4.69) is 25.1 Å². The Bertz CT molecular complexity index is 850. The monoisotopic (exact) mass is 442 g/mol. The van der Waals surface area contributed by atoms with E-state index in [-0.39, 0.29) is 5.91 Å². The highest BCUT2D eigenvalue weighted by Gasteiger charge is 2.21. The van der Waals surface area contributed by atoms with Crippen molar-refractivity contribution in [1.82, 2.24) is 20.1 Å². The molecule has 1 aromatic carbocycles. The summed E-state index contributed by atoms with van der Waals surface area (Å²) in [5.74, 6) is 1.92. The molecule has 1 amide bonds. The molecule has 2 aromatic rings. The molecule has 0 atom stereocenters. The zero-order valence-electron chi connectivity index (χ0n) is 18.3. The highest BCUT2D eigenvalue weighted by molar-refractivity contribution is 6.30. The lowest BCUT2D eigenvalue weighted by Gasteiger charge is -2.35. The van der Waals surface area contributed by atoms with E-state index in [1.54, 1.807) is 6.20 Å². The van der Waals surface area contributed by atoms with Gasteiger partial charge in [-0.2, -0.15) is 0 Å². The highest BCUT2D eigenvalue weighted by Crippen LogP contribution is 2.13. The number of carbonyl (C=O) groups excluding carboxylic acids is 1. The minimum atomic E-state index is 0.153. The predicted octanol–water partition coefficient (Wildman–Crippen LogP) is 2.87. The fourth-order valence-electron chi connectivity index (χ4n) is 3.55. The van der Waals surface area contributed by atoms with Crippen LogP contribution in [-0.2, 0) is 11.3 Å². The lowest BCUT2D eigenvalue weighted by Crippen LogP contribution is -2.49. The van der Waals surface area contributed by atoms with Gasteiger partial charge in [0.25, 0.3) is 0 Å². The molecule has 31 heavy (non-hydrogen) atoms. The molecule has 0 spiro atoms. The fourth-order valence-corrected chi connectivity index (χ4v) is 3.68. The Labute approximate surface area is 189 Å². The van der Waals surface area contributed by atoms with E-state index in [0.717, 1.165) is 55.1 Å². The van der Waals surface area contributed by atoms with Crippen molar-refractivity contribution in [2.24, 2.45) is 4.99 Å². The van der Waals surface area contributed by atoms with Gasteiger partial charge in [-0.1, -0.05) is 29.8 Å². The number of nitrogens with one attached hydrogen (secondary N) is 1. The molecule has 0 unspecified atom stereocenters. The van der Waals surface area contributed by atoms with Gasteiger partial charge in [-0.05, 0) is 36.8 Å². The smallest absolute Gasteiger partial charge is 0.224 e. The Morgan fingerprint density at radius 3 is 2.55 bits per heavy atom. The molecule has 0 bridgehead atoms. The summed E-state index contributed by atoms with van der Waals surface area (Å²) in [4.78, 5) is 27.9. The number of carbonyl (C=O) groups is 1. The van der Waals surface area contributed by atoms with E-state index >= 15 is 0 Å². The van der Waals surface area contributed by atoms with Crippen LogP contribution >= 0.6 is 11.6 Å². The van der Waals surface area contributed by atoms with Gasteiger partial charge in [0.05, 0.1) is 6.54 Å². The Morgan fingerprint density at radius 2 is 1.90 bits per heavy atom. The first kappa shape index (κ1) is 22.9. The molecule has 1 fully saturated rings. The molecule has 0 radical (unpaired) electrons. The quantitative estimate of drug-likeness (QED) is 0.527. The van der Waals surface area contributed by atoms with Crippen molar-refractivity contribution >= 4 is 29.3 Å². The van der Waals surface area contributed by atoms with Gasteiger partial charge in [0.15, 0.2) is 5.96 Å². The first-order chi connectivity index (χ1) is 15.1. The van der Waals surface area contributed by atoms with Crippen LogP contribution in [0.3, 0.4) is 0 Å². The standard InChI is InChI=1S/C23H31ClN6O/c1-3-25-23(28(2)18-19-7-9-20(24)10-8-19)27-13-11-22(31)30-16-14-29(15-17-30)21-6-4-5-12-26-21/h4-10,12H,3,11,13-18H2,1-2H3,(H,25,27). The summed E-state index contributed by atoms with van der Waals surface area (Å²) < 4.78 is 0. The molecule has 166 valence electrons. The fraction of sp³-hybridized carbons (Fsp3) is 0.435. The Hall–Kier alpha value is -2.80. The largest absolute Gasteiger partial charge is 0.357 e. The number of anilines is 1. The number of hydrogen-bond donors (Lipinski definition) is 1. The number of piperazine rings is 1. The molecular formula is C23H31ClN6O. The van der Waals surface area contributed by atoms with Crippen molar-refractivity contribution in [3.63, 3.8) is 0 Å². The lowest BCUT2D eigenvalue weighted by atomic mass is 10.2. The van der Waals surface area contributed by atoms with Crippen LogP contribution in [0.4, 0.5) is 5.82 Å². The number of aromatic nitrogens is 1. The molecule has 1 saturated heterocycles. The van der Waals surface area contributed by atoms with Crippen molar-refractivity contribution in [2.75, 3.05) is 51.2 Å². The van der Waals surface area contributed by atoms with Crippen LogP contribution in [0.1, 0.15) is 18.9 Å². The SMILES string of the molecule is CCNC(=NCCC(=O)N1CCN(c2ccccn2)CC1)N(C)Cc1ccc(Cl)cc1. The van der Waals surface area contributed by atoms with Crippen molar-refractivity contribution in [3.8, 4) is 0 Å². The molecule has 7 nitrogen and oxygen atoms in total. The van der Waals surface area contributed by atoms with Crippen molar-refractivity contribution in [1.29, 1.82) is 0 Å². The average molecular weight is 443 g/mol. The predicted molar refractivity (Wildman–Crippen MR) is 127 cm³/mol. The van der Waals surface area contributed by atoms with Gasteiger partial charge in [-0.15, -0.1) is 0 Å². The van der Waals surface area contributed by atoms with Crippen molar-refractivity contribution < 1.29 is 4.79 Å². The van der Waals surface area contributed by atoms with E-state index < -0.39 is 0 Å². The maximum absolute atomic E-state index is 12.6. The topological polar surface area (TPSA) is 64.1 Å². The second-order valence-electron chi connectivity index (χ2n) is 7.52. The zero-order chi connectivity index (χ0) is 22.1. The van der Waals surface area contributed by atoms with Gasteiger partial charge in [0.2, 0.25) is 5.91 Å². The number of benzene rings is 1. The van der Waals surface area contributed by atoms with Crippen LogP contribution in [0.15, 0.2) is 53.7 Å². The maximum Gasteiger partial charge on any atom is 0.224 e. The number of guanidine groups is 1. The number of hydrogen-bond acceptors (Lipinski definition) is 4. The van der Waals surface area contributed by atoms with Crippen LogP contribution in [0.2, 0.25) is 5.02 Å². The normalized spacial score (nSPS) is 14.5. The molecule has 2 heterocycles. The van der Waals surface area contributed by atoms with Gasteiger partial charge in [-0.25, -0.2) is 4.98 Å². The van der Waals surface area contributed by atoms with E-state index in [1.165, 1.54) is 0 Å². The molecule has 1 aliphatic rings. The van der Waals surface area contributed by atoms with Gasteiger partial charge in [0.1, 0.15) is 5.82 Å². The second-order valence-corrected chi connectivity index (χ2v) is 7.96. The number of aliphatic imine (C=N–C) groups is 1. The summed E-state index contributed by atoms with van der Waals surface area (Å²) in [6, 6.07) is 13.7. The number of amides is 1. The number of halogens is 1. The van der Waals surface area contributed by atoms with E-state index in [0.29, 0.717) is 19.5 Å². The van der Waals surface area contributed by atoms with Crippen molar-refractivity contribution in [3.05, 3.63) is 59.2 Å². The first-order valence-electron chi connectivity index (χ1n) is 10.7. The zero-order valence-corrected chi connectivity index (χ0v) is 19.1. The van der Waals surface area contributed by atoms with Crippen LogP contribution in [0.5, 0.6) is 0 Å². The summed E-state index contributed by atoms with van der Waals surface area (Å²) in [6.45, 7) is 7.03. The number of pyridine rings is 1. The molecule has 1 aromatic heterocycles. The molecule has 3 rings (SSSR count). The first-order valence-corrected chi connectivity index (χ1v) is 11.1. The minimum absolute atomic E-state index is 0.153. The number of nitrogens with zero attached hydrogens (tertiary/aromatic N) is 5. The third kappa shape index (κ3) is 6.85. The Morgan fingerprint density at radius 1 is 1.16 bits per heavy atom. The third-order valence-corrected chi connectivity index (χ3v) is 5.47. The molecule has 1 N–H and O–H groups in total. The van der Waals surface area contributed by atoms with Crippen LogP contribution in [-0.4, -0.2) is 73.0 Å². The molecule has 8 heteroatoms. The molecular weight excluding hydrogens is 412 g/mol. The van der Waals surface area contributed by atoms with Gasteiger partial charge >= 0.3 is 0 Å². The van der Waals surface area contributed by atoms with Crippen LogP contribution in [0.25, 0.3) is 0 Å². The van der Waals surface area contributed by atoms with E-state index in [1.807, 2.05) is 61.3 Å². The summed E-state index contributed by atoms with van der Waals surface area (Å²) in [5.41, 5.74) is 1.15. The summed E-state index contributed by atoms with van der Waals surface area (Å²) in [5, 5.41) is 4.03. The summed E-state index contributed by atoms with van der Waals surface area (Å²) >= 11 is 5.97. The second kappa shape index (κ2) is 11.6. The lowest BCUT2D eigenvalue weighted by molar-refractivity contribution is -0.131. The highest BCUT2D eigenvalue weighted by atomic mass is 35.5.